The number of terminal acetylenes is 1. The van der Waals surface area contributed by atoms with E-state index in [2.05, 4.69) is 11.0 Å². The highest BCUT2D eigenvalue weighted by molar-refractivity contribution is 7.85. The fraction of sp³-hybridized carbons (Fsp3) is 0.389. The van der Waals surface area contributed by atoms with Gasteiger partial charge in [0.15, 0.2) is 11.3 Å². The molecule has 0 saturated heterocycles. The van der Waals surface area contributed by atoms with Crippen LogP contribution in [0.15, 0.2) is 30.7 Å². The summed E-state index contributed by atoms with van der Waals surface area (Å²) in [5, 5.41) is 15.5. The molecular formula is C18H18ClF3N4O3S. The Morgan fingerprint density at radius 3 is 2.83 bits per heavy atom. The van der Waals surface area contributed by atoms with E-state index >= 15 is 0 Å². The number of hydrogen-bond donors (Lipinski definition) is 0. The molecule has 2 aromatic heterocycles. The summed E-state index contributed by atoms with van der Waals surface area (Å²) in [5.41, 5.74) is 0.545. The number of amides is 1. The second-order valence-electron chi connectivity index (χ2n) is 6.38. The molecule has 2 unspecified atom stereocenters. The largest absolute Gasteiger partial charge is 0.619 e. The van der Waals surface area contributed by atoms with E-state index in [1.807, 2.05) is 0 Å². The first-order valence-corrected chi connectivity index (χ1v) is 10.5. The van der Waals surface area contributed by atoms with E-state index in [-0.39, 0.29) is 23.1 Å². The fourth-order valence-electron chi connectivity index (χ4n) is 2.54. The van der Waals surface area contributed by atoms with E-state index in [9.17, 15) is 27.4 Å². The lowest BCUT2D eigenvalue weighted by Gasteiger charge is -2.22. The Morgan fingerprint density at radius 2 is 2.23 bits per heavy atom. The first-order chi connectivity index (χ1) is 14.0. The molecular weight excluding hydrogens is 445 g/mol. The SMILES string of the molecule is C#CCN(C(=O)C(C)CS(=O)CCC(F)(F)F)c1cn(-c2ccc[n+]([O-])c2)nc1Cl. The lowest BCUT2D eigenvalue weighted by atomic mass is 10.2. The van der Waals surface area contributed by atoms with Crippen LogP contribution in [0.1, 0.15) is 13.3 Å². The number of nitrogens with zero attached hydrogens (tertiary/aromatic N) is 4. The molecule has 2 aromatic rings. The van der Waals surface area contributed by atoms with Crippen LogP contribution in [0, 0.1) is 23.5 Å². The van der Waals surface area contributed by atoms with Crippen molar-refractivity contribution in [1.82, 2.24) is 9.78 Å². The van der Waals surface area contributed by atoms with Gasteiger partial charge in [-0.3, -0.25) is 13.9 Å². The van der Waals surface area contributed by atoms with Crippen LogP contribution in [0.4, 0.5) is 18.9 Å². The van der Waals surface area contributed by atoms with Crippen molar-refractivity contribution in [3.63, 3.8) is 0 Å². The summed E-state index contributed by atoms with van der Waals surface area (Å²) in [6, 6.07) is 3.10. The number of carbonyl (C=O) groups excluding carboxylic acids is 1. The van der Waals surface area contributed by atoms with Crippen LogP contribution < -0.4 is 9.63 Å². The van der Waals surface area contributed by atoms with Gasteiger partial charge in [-0.1, -0.05) is 24.4 Å². The number of carbonyl (C=O) groups is 1. The Bertz CT molecular complexity index is 974. The molecule has 0 spiro atoms. The molecule has 12 heteroatoms. The Morgan fingerprint density at radius 1 is 1.53 bits per heavy atom. The molecule has 0 radical (unpaired) electrons. The maximum absolute atomic E-state index is 12.8. The van der Waals surface area contributed by atoms with Gasteiger partial charge in [-0.15, -0.1) is 6.42 Å². The molecule has 0 fully saturated rings. The molecule has 0 aliphatic heterocycles. The molecule has 1 amide bonds. The minimum absolute atomic E-state index is 0.0645. The Kier molecular flexibility index (Phi) is 7.86. The van der Waals surface area contributed by atoms with Gasteiger partial charge in [0.25, 0.3) is 0 Å². The molecule has 0 saturated carbocycles. The van der Waals surface area contributed by atoms with Crippen LogP contribution in [-0.2, 0) is 15.6 Å². The standard InChI is InChI=1S/C18H18ClF3N4O3S/c1-3-7-25(17(27)13(2)12-30(29)9-6-18(20,21)22)15-11-26(23-16(15)19)14-5-4-8-24(28)10-14/h1,4-5,8,10-11,13H,6-7,9,12H2,2H3. The summed E-state index contributed by atoms with van der Waals surface area (Å²) in [6.07, 6.45) is 3.67. The number of pyridine rings is 1. The van der Waals surface area contributed by atoms with Gasteiger partial charge in [-0.05, 0) is 6.07 Å². The van der Waals surface area contributed by atoms with Gasteiger partial charge in [0.2, 0.25) is 12.1 Å². The summed E-state index contributed by atoms with van der Waals surface area (Å²) in [6.45, 7) is 1.27. The van der Waals surface area contributed by atoms with Gasteiger partial charge in [0, 0.05) is 34.3 Å². The predicted octanol–water partition coefficient (Wildman–Crippen LogP) is 2.46. The van der Waals surface area contributed by atoms with E-state index in [1.165, 1.54) is 36.3 Å². The van der Waals surface area contributed by atoms with E-state index in [4.69, 9.17) is 18.0 Å². The van der Waals surface area contributed by atoms with E-state index in [1.54, 1.807) is 6.07 Å². The zero-order valence-electron chi connectivity index (χ0n) is 15.8. The molecule has 0 N–H and O–H groups in total. The highest BCUT2D eigenvalue weighted by Crippen LogP contribution is 2.27. The molecule has 0 aliphatic carbocycles. The quantitative estimate of drug-likeness (QED) is 0.343. The maximum atomic E-state index is 12.8. The van der Waals surface area contributed by atoms with Crippen LogP contribution in [-0.4, -0.2) is 44.1 Å². The summed E-state index contributed by atoms with van der Waals surface area (Å²) in [7, 11) is -1.84. The van der Waals surface area contributed by atoms with Crippen molar-refractivity contribution in [2.75, 3.05) is 23.0 Å². The smallest absolute Gasteiger partial charge is 0.390 e. The number of alkyl halides is 3. The fourth-order valence-corrected chi connectivity index (χ4v) is 4.10. The van der Waals surface area contributed by atoms with Gasteiger partial charge < -0.3 is 5.21 Å². The number of rotatable bonds is 8. The minimum atomic E-state index is -4.42. The first kappa shape index (κ1) is 23.7. The third-order valence-electron chi connectivity index (χ3n) is 3.95. The number of aromatic nitrogens is 3. The number of halogens is 4. The minimum Gasteiger partial charge on any atom is -0.619 e. The van der Waals surface area contributed by atoms with E-state index < -0.39 is 41.0 Å². The topological polar surface area (TPSA) is 82.1 Å². The van der Waals surface area contributed by atoms with Crippen LogP contribution in [0.2, 0.25) is 5.15 Å². The lowest BCUT2D eigenvalue weighted by Crippen LogP contribution is -2.37. The zero-order chi connectivity index (χ0) is 22.5. The van der Waals surface area contributed by atoms with Crippen molar-refractivity contribution >= 4 is 34.0 Å². The predicted molar refractivity (Wildman–Crippen MR) is 106 cm³/mol. The first-order valence-electron chi connectivity index (χ1n) is 8.62. The highest BCUT2D eigenvalue weighted by Gasteiger charge is 2.30. The van der Waals surface area contributed by atoms with Crippen molar-refractivity contribution in [1.29, 1.82) is 0 Å². The van der Waals surface area contributed by atoms with Crippen LogP contribution >= 0.6 is 11.6 Å². The highest BCUT2D eigenvalue weighted by atomic mass is 35.5. The second kappa shape index (κ2) is 9.95. The molecule has 2 heterocycles. The second-order valence-corrected chi connectivity index (χ2v) is 8.36. The molecule has 7 nitrogen and oxygen atoms in total. The molecule has 2 atom stereocenters. The zero-order valence-corrected chi connectivity index (χ0v) is 17.4. The van der Waals surface area contributed by atoms with Crippen molar-refractivity contribution < 1.29 is 26.9 Å². The Hall–Kier alpha value is -2.58. The van der Waals surface area contributed by atoms with Gasteiger partial charge in [-0.25, -0.2) is 4.68 Å². The van der Waals surface area contributed by atoms with Crippen LogP contribution in [0.3, 0.4) is 0 Å². The van der Waals surface area contributed by atoms with Crippen molar-refractivity contribution in [2.24, 2.45) is 5.92 Å². The van der Waals surface area contributed by atoms with Gasteiger partial charge in [0.05, 0.1) is 19.2 Å². The maximum Gasteiger partial charge on any atom is 0.390 e. The van der Waals surface area contributed by atoms with Crippen molar-refractivity contribution in [3.8, 4) is 18.0 Å². The average molecular weight is 463 g/mol. The van der Waals surface area contributed by atoms with Crippen molar-refractivity contribution in [3.05, 3.63) is 41.1 Å². The molecule has 0 aromatic carbocycles. The summed E-state index contributed by atoms with van der Waals surface area (Å²) in [4.78, 5) is 14.0. The van der Waals surface area contributed by atoms with E-state index in [0.29, 0.717) is 10.4 Å². The number of hydrogen-bond acceptors (Lipinski definition) is 4. The summed E-state index contributed by atoms with van der Waals surface area (Å²) >= 11 is 6.16. The molecule has 162 valence electrons. The van der Waals surface area contributed by atoms with Crippen molar-refractivity contribution in [2.45, 2.75) is 19.5 Å². The molecule has 0 aliphatic rings. The van der Waals surface area contributed by atoms with Gasteiger partial charge >= 0.3 is 6.18 Å². The van der Waals surface area contributed by atoms with Gasteiger partial charge in [0.1, 0.15) is 11.4 Å². The van der Waals surface area contributed by atoms with Crippen LogP contribution in [0.5, 0.6) is 0 Å². The molecule has 0 bridgehead atoms. The Balaban J connectivity index is 2.19. The summed E-state index contributed by atoms with van der Waals surface area (Å²) < 4.78 is 50.7. The lowest BCUT2D eigenvalue weighted by molar-refractivity contribution is -0.605. The number of anilines is 1. The van der Waals surface area contributed by atoms with Crippen LogP contribution in [0.25, 0.3) is 5.69 Å². The monoisotopic (exact) mass is 462 g/mol. The van der Waals surface area contributed by atoms with E-state index in [0.717, 1.165) is 4.90 Å². The summed E-state index contributed by atoms with van der Waals surface area (Å²) in [5.74, 6) is 0.0558. The average Bonchev–Trinajstić information content (AvgIpc) is 3.05. The molecule has 30 heavy (non-hydrogen) atoms. The van der Waals surface area contributed by atoms with Gasteiger partial charge in [-0.2, -0.15) is 23.0 Å². The normalized spacial score (nSPS) is 13.5. The third-order valence-corrected chi connectivity index (χ3v) is 5.75. The molecule has 2 rings (SSSR count). The third kappa shape index (κ3) is 6.47. The Labute approximate surface area is 178 Å².